The van der Waals surface area contributed by atoms with Crippen molar-refractivity contribution in [2.45, 2.75) is 96.8 Å². The highest BCUT2D eigenvalue weighted by atomic mass is 35.5. The highest BCUT2D eigenvalue weighted by Gasteiger charge is 2.47. The molecule has 24 heteroatoms. The van der Waals surface area contributed by atoms with Gasteiger partial charge in [-0.3, -0.25) is 9.11 Å². The largest absolute Gasteiger partial charge is 0.397 e. The Morgan fingerprint density at radius 2 is 0.953 bits per heavy atom. The summed E-state index contributed by atoms with van der Waals surface area (Å²) in [5.74, 6) is -4.02. The molecule has 6 aromatic rings. The first kappa shape index (κ1) is 47.3. The summed E-state index contributed by atoms with van der Waals surface area (Å²) in [5, 5.41) is 9.55. The van der Waals surface area contributed by atoms with Crippen LogP contribution in [0.15, 0.2) is 56.9 Å². The average molecular weight is 1050 g/mol. The van der Waals surface area contributed by atoms with E-state index >= 15 is 0 Å². The fraction of sp³-hybridized carbons (Fsp3) is 0.350. The molecule has 2 N–H and O–H groups in total. The van der Waals surface area contributed by atoms with Gasteiger partial charge in [-0.1, -0.05) is 84.9 Å². The van der Waals surface area contributed by atoms with Gasteiger partial charge in [-0.25, -0.2) is 9.36 Å². The minimum Gasteiger partial charge on any atom is -0.281 e. The lowest BCUT2D eigenvalue weighted by Crippen LogP contribution is -2.23. The van der Waals surface area contributed by atoms with Gasteiger partial charge in [-0.15, -0.1) is 22.7 Å². The van der Waals surface area contributed by atoms with Gasteiger partial charge in [-0.05, 0) is 61.4 Å². The Bertz CT molecular complexity index is 2830. The van der Waals surface area contributed by atoms with Crippen molar-refractivity contribution >= 4 is 89.3 Å². The number of fused-ring (bicyclic) bond motifs is 6. The van der Waals surface area contributed by atoms with Crippen LogP contribution in [0.1, 0.15) is 95.5 Å². The molecule has 8 rings (SSSR count). The zero-order chi connectivity index (χ0) is 46.3. The van der Waals surface area contributed by atoms with Crippen LogP contribution >= 0.6 is 69.1 Å². The summed E-state index contributed by atoms with van der Waals surface area (Å²) in [6, 6.07) is 11.1. The van der Waals surface area contributed by atoms with Crippen LogP contribution in [-0.2, 0) is 33.1 Å². The summed E-state index contributed by atoms with van der Waals surface area (Å²) in [6.45, 7) is 0. The SMILES string of the molecule is O=S(=O)(O)c1cc2c(s1)Cc1c(C(CCCCCCCCC(c3nn(-c4ccc(Cl)cc4Cl)c4c3Cc3sc(S(=O)(=O)O)cc3-4)C(F)(F)F)C(F)(F)F)nn(-c3ccc(Cl)cc3Cl)c1-2. The first-order chi connectivity index (χ1) is 29.9. The van der Waals surface area contributed by atoms with E-state index in [2.05, 4.69) is 10.2 Å². The molecule has 0 saturated carbocycles. The van der Waals surface area contributed by atoms with E-state index in [0.29, 0.717) is 46.6 Å². The van der Waals surface area contributed by atoms with E-state index in [4.69, 9.17) is 46.4 Å². The lowest BCUT2D eigenvalue weighted by atomic mass is 9.92. The zero-order valence-electron chi connectivity index (χ0n) is 32.6. The summed E-state index contributed by atoms with van der Waals surface area (Å²) in [4.78, 5) is 0.867. The lowest BCUT2D eigenvalue weighted by Gasteiger charge is -2.20. The molecule has 2 aliphatic carbocycles. The van der Waals surface area contributed by atoms with Crippen LogP contribution in [0.5, 0.6) is 0 Å². The van der Waals surface area contributed by atoms with E-state index < -0.39 is 44.4 Å². The monoisotopic (exact) mass is 1050 g/mol. The molecular formula is C40H32Cl4F6N4O6S4. The van der Waals surface area contributed by atoms with Gasteiger partial charge >= 0.3 is 32.6 Å². The predicted molar refractivity (Wildman–Crippen MR) is 234 cm³/mol. The molecule has 10 nitrogen and oxygen atoms in total. The van der Waals surface area contributed by atoms with Gasteiger partial charge in [0.1, 0.15) is 8.42 Å². The second-order valence-electron chi connectivity index (χ2n) is 15.4. The average Bonchev–Trinajstić information content (AvgIpc) is 4.00. The molecule has 64 heavy (non-hydrogen) atoms. The molecule has 4 heterocycles. The summed E-state index contributed by atoms with van der Waals surface area (Å²) >= 11 is 26.6. The molecule has 0 bridgehead atoms. The first-order valence-corrected chi connectivity index (χ1v) is 25.4. The molecule has 2 unspecified atom stereocenters. The van der Waals surface area contributed by atoms with E-state index in [-0.39, 0.29) is 112 Å². The molecule has 0 fully saturated rings. The third kappa shape index (κ3) is 9.25. The number of halogens is 10. The second kappa shape index (κ2) is 17.5. The lowest BCUT2D eigenvalue weighted by molar-refractivity contribution is -0.154. The Morgan fingerprint density at radius 3 is 1.28 bits per heavy atom. The van der Waals surface area contributed by atoms with Crippen LogP contribution in [0.2, 0.25) is 20.1 Å². The number of nitrogens with zero attached hydrogens (tertiary/aromatic N) is 4. The van der Waals surface area contributed by atoms with Gasteiger partial charge in [0.05, 0.1) is 56.0 Å². The van der Waals surface area contributed by atoms with Crippen molar-refractivity contribution in [2.24, 2.45) is 0 Å². The zero-order valence-corrected chi connectivity index (χ0v) is 38.9. The fourth-order valence-corrected chi connectivity index (χ4v) is 13.2. The predicted octanol–water partition coefficient (Wildman–Crippen LogP) is 13.5. The highest BCUT2D eigenvalue weighted by molar-refractivity contribution is 7.88. The fourth-order valence-electron chi connectivity index (χ4n) is 8.41. The molecule has 0 radical (unpaired) electrons. The Hall–Kier alpha value is -3.18. The molecule has 0 amide bonds. The van der Waals surface area contributed by atoms with Gasteiger partial charge in [0.15, 0.2) is 0 Å². The maximum Gasteiger partial charge on any atom is 0.397 e. The topological polar surface area (TPSA) is 144 Å². The third-order valence-electron chi connectivity index (χ3n) is 11.3. The number of aromatic nitrogens is 4. The van der Waals surface area contributed by atoms with Crippen LogP contribution in [0.3, 0.4) is 0 Å². The summed E-state index contributed by atoms with van der Waals surface area (Å²) in [5.41, 5.74) is 1.49. The molecule has 4 aromatic heterocycles. The Labute approximate surface area is 390 Å². The number of unbranched alkanes of at least 4 members (excludes halogenated alkanes) is 5. The molecule has 2 atom stereocenters. The molecular weight excluding hydrogens is 1020 g/mol. The minimum atomic E-state index is -4.73. The first-order valence-electron chi connectivity index (χ1n) is 19.4. The van der Waals surface area contributed by atoms with E-state index in [1.165, 1.54) is 57.9 Å². The van der Waals surface area contributed by atoms with Crippen LogP contribution < -0.4 is 0 Å². The molecule has 0 spiro atoms. The van der Waals surface area contributed by atoms with Gasteiger partial charge in [0.2, 0.25) is 0 Å². The van der Waals surface area contributed by atoms with E-state index in [1.54, 1.807) is 0 Å². The van der Waals surface area contributed by atoms with Crippen molar-refractivity contribution < 1.29 is 52.3 Å². The maximum atomic E-state index is 14.9. The maximum absolute atomic E-state index is 14.9. The van der Waals surface area contributed by atoms with Crippen molar-refractivity contribution in [1.29, 1.82) is 0 Å². The molecule has 0 saturated heterocycles. The van der Waals surface area contributed by atoms with Gasteiger partial charge in [0, 0.05) is 54.9 Å². The number of hydrogen-bond acceptors (Lipinski definition) is 8. The molecule has 0 aliphatic heterocycles. The number of alkyl halides is 6. The van der Waals surface area contributed by atoms with E-state index in [0.717, 1.165) is 22.7 Å². The number of rotatable bonds is 15. The summed E-state index contributed by atoms with van der Waals surface area (Å²) in [6.07, 6.45) is -8.44. The number of hydrogen-bond donors (Lipinski definition) is 2. The molecule has 342 valence electrons. The van der Waals surface area contributed by atoms with Crippen LogP contribution in [0.25, 0.3) is 33.9 Å². The van der Waals surface area contributed by atoms with Crippen molar-refractivity contribution in [3.63, 3.8) is 0 Å². The van der Waals surface area contributed by atoms with E-state index in [1.807, 2.05) is 0 Å². The van der Waals surface area contributed by atoms with Crippen molar-refractivity contribution in [3.8, 4) is 33.9 Å². The second-order valence-corrected chi connectivity index (χ2v) is 22.7. The highest BCUT2D eigenvalue weighted by Crippen LogP contribution is 2.52. The number of thiophene rings is 2. The minimum absolute atomic E-state index is 0.0569. The van der Waals surface area contributed by atoms with E-state index in [9.17, 15) is 52.3 Å². The van der Waals surface area contributed by atoms with Crippen molar-refractivity contribution in [3.05, 3.63) is 101 Å². The summed E-state index contributed by atoms with van der Waals surface area (Å²) < 4.78 is 158. The Morgan fingerprint density at radius 1 is 0.594 bits per heavy atom. The number of benzene rings is 2. The van der Waals surface area contributed by atoms with Crippen molar-refractivity contribution in [2.75, 3.05) is 0 Å². The Balaban J connectivity index is 0.958. The summed E-state index contributed by atoms with van der Waals surface area (Å²) in [7, 11) is -9.20. The van der Waals surface area contributed by atoms with Gasteiger partial charge in [-0.2, -0.15) is 53.4 Å². The molecule has 2 aliphatic rings. The molecule has 2 aromatic carbocycles. The standard InChI is InChI=1S/C40H32Cl4F6N4O6S4/c41-19-9-11-29(27(43)13-19)53-37-21-17-33(63(55,56)57)61-31(21)15-23(37)35(51-53)25(39(45,46)47)7-5-3-1-2-4-6-8-26(40(48,49)50)36-24-16-32-22(18-34(62-32)64(58,59)60)38(24)54(52-36)30-12-10-20(42)14-28(30)44/h9-14,17-18,25-26H,1-8,15-16H2,(H,55,56,57)(H,58,59,60). The van der Waals surface area contributed by atoms with Crippen LogP contribution in [0, 0.1) is 0 Å². The van der Waals surface area contributed by atoms with Crippen molar-refractivity contribution in [1.82, 2.24) is 19.6 Å². The normalized spacial score (nSPS) is 14.8. The van der Waals surface area contributed by atoms with Crippen LogP contribution in [0.4, 0.5) is 26.3 Å². The van der Waals surface area contributed by atoms with Crippen LogP contribution in [-0.4, -0.2) is 57.9 Å². The van der Waals surface area contributed by atoms with Gasteiger partial charge in [0.25, 0.3) is 0 Å². The third-order valence-corrected chi connectivity index (χ3v) is 17.2. The van der Waals surface area contributed by atoms with Gasteiger partial charge < -0.3 is 0 Å². The Kier molecular flexibility index (Phi) is 12.9. The smallest absolute Gasteiger partial charge is 0.281 e. The quantitative estimate of drug-likeness (QED) is 0.0587.